The van der Waals surface area contributed by atoms with Crippen molar-refractivity contribution >= 4 is 17.6 Å². The number of anilines is 1. The lowest BCUT2D eigenvalue weighted by molar-refractivity contribution is -0.149. The Labute approximate surface area is 224 Å². The molecule has 1 aliphatic rings. The second kappa shape index (κ2) is 10.9. The molecule has 3 aromatic carbocycles. The van der Waals surface area contributed by atoms with E-state index in [4.69, 9.17) is 9.47 Å². The fourth-order valence-electron chi connectivity index (χ4n) is 5.09. The summed E-state index contributed by atoms with van der Waals surface area (Å²) in [6.07, 6.45) is 0.158. The molecule has 1 aliphatic heterocycles. The number of likely N-dealkylation sites (tertiary alicyclic amines) is 1. The number of carboxylic acids is 1. The molecule has 1 heterocycles. The summed E-state index contributed by atoms with van der Waals surface area (Å²) in [5, 5.41) is 13.5. The number of nitrogens with zero attached hydrogens (tertiary/aromatic N) is 1. The maximum atomic E-state index is 14.1. The fourth-order valence-corrected chi connectivity index (χ4v) is 5.09. The van der Waals surface area contributed by atoms with E-state index in [1.165, 1.54) is 4.90 Å². The molecule has 0 radical (unpaired) electrons. The van der Waals surface area contributed by atoms with E-state index in [1.54, 1.807) is 14.2 Å². The van der Waals surface area contributed by atoms with Gasteiger partial charge >= 0.3 is 5.97 Å². The van der Waals surface area contributed by atoms with Gasteiger partial charge in [0.2, 0.25) is 5.91 Å². The molecule has 1 saturated heterocycles. The zero-order valence-corrected chi connectivity index (χ0v) is 22.6. The summed E-state index contributed by atoms with van der Waals surface area (Å²) in [7, 11) is 3.16. The molecule has 3 aromatic rings. The number of nitrogens with one attached hydrogen (secondary N) is 1. The van der Waals surface area contributed by atoms with Gasteiger partial charge in [-0.1, -0.05) is 81.4 Å². The van der Waals surface area contributed by atoms with E-state index in [9.17, 15) is 14.7 Å². The van der Waals surface area contributed by atoms with Crippen LogP contribution in [0.2, 0.25) is 0 Å². The van der Waals surface area contributed by atoms with Crippen molar-refractivity contribution in [2.24, 2.45) is 5.41 Å². The van der Waals surface area contributed by atoms with Crippen LogP contribution < -0.4 is 10.1 Å². The van der Waals surface area contributed by atoms with E-state index in [2.05, 4.69) is 5.32 Å². The van der Waals surface area contributed by atoms with E-state index < -0.39 is 29.1 Å². The smallest absolute Gasteiger partial charge is 0.326 e. The molecule has 3 atom stereocenters. The summed E-state index contributed by atoms with van der Waals surface area (Å²) in [5.41, 5.74) is 2.27. The Balaban J connectivity index is 1.65. The molecule has 0 saturated carbocycles. The van der Waals surface area contributed by atoms with Gasteiger partial charge in [-0.3, -0.25) is 4.79 Å². The predicted molar refractivity (Wildman–Crippen MR) is 148 cm³/mol. The third-order valence-corrected chi connectivity index (χ3v) is 7.30. The predicted octanol–water partition coefficient (Wildman–Crippen LogP) is 5.42. The molecule has 0 aliphatic carbocycles. The van der Waals surface area contributed by atoms with Gasteiger partial charge in [-0.15, -0.1) is 0 Å². The maximum Gasteiger partial charge on any atom is 0.326 e. The minimum atomic E-state index is -1.05. The van der Waals surface area contributed by atoms with Gasteiger partial charge in [0.05, 0.1) is 13.7 Å². The van der Waals surface area contributed by atoms with Crippen LogP contribution in [0.25, 0.3) is 11.1 Å². The van der Waals surface area contributed by atoms with Gasteiger partial charge in [-0.05, 0) is 34.2 Å². The van der Waals surface area contributed by atoms with Crippen LogP contribution in [-0.2, 0) is 19.9 Å². The van der Waals surface area contributed by atoms with Crippen LogP contribution in [0.15, 0.2) is 78.9 Å². The van der Waals surface area contributed by atoms with E-state index in [-0.39, 0.29) is 18.9 Å². The molecular weight excluding hydrogens is 480 g/mol. The highest BCUT2D eigenvalue weighted by Crippen LogP contribution is 2.41. The number of amides is 1. The molecule has 1 amide bonds. The topological polar surface area (TPSA) is 88.1 Å². The lowest BCUT2D eigenvalue weighted by Gasteiger charge is -2.36. The van der Waals surface area contributed by atoms with Crippen molar-refractivity contribution < 1.29 is 24.2 Å². The highest BCUT2D eigenvalue weighted by Gasteiger charge is 2.52. The maximum absolute atomic E-state index is 14.1. The molecule has 7 heteroatoms. The lowest BCUT2D eigenvalue weighted by Crippen LogP contribution is -2.53. The first kappa shape index (κ1) is 27.2. The molecular formula is C31H36N2O5. The van der Waals surface area contributed by atoms with Crippen molar-refractivity contribution in [1.29, 1.82) is 0 Å². The quantitative estimate of drug-likeness (QED) is 0.416. The number of benzene rings is 3. The molecule has 4 rings (SSSR count). The monoisotopic (exact) mass is 516 g/mol. The Morgan fingerprint density at radius 2 is 1.63 bits per heavy atom. The van der Waals surface area contributed by atoms with E-state index in [1.807, 2.05) is 99.6 Å². The first-order valence-electron chi connectivity index (χ1n) is 12.7. The van der Waals surface area contributed by atoms with Gasteiger partial charge in [0, 0.05) is 25.3 Å². The zero-order chi connectivity index (χ0) is 27.5. The van der Waals surface area contributed by atoms with Crippen LogP contribution >= 0.6 is 0 Å². The lowest BCUT2D eigenvalue weighted by atomic mass is 9.85. The first-order chi connectivity index (χ1) is 18.1. The summed E-state index contributed by atoms with van der Waals surface area (Å²) >= 11 is 0. The van der Waals surface area contributed by atoms with Gasteiger partial charge in [-0.2, -0.15) is 0 Å². The molecule has 1 fully saturated rings. The van der Waals surface area contributed by atoms with Crippen molar-refractivity contribution in [2.45, 2.75) is 44.9 Å². The summed E-state index contributed by atoms with van der Waals surface area (Å²) in [4.78, 5) is 27.9. The Morgan fingerprint density at radius 1 is 0.974 bits per heavy atom. The average molecular weight is 517 g/mol. The third-order valence-electron chi connectivity index (χ3n) is 7.30. The van der Waals surface area contributed by atoms with Crippen LogP contribution in [0.1, 0.15) is 32.8 Å². The molecule has 1 unspecified atom stereocenters. The van der Waals surface area contributed by atoms with Gasteiger partial charge in [-0.25, -0.2) is 4.79 Å². The van der Waals surface area contributed by atoms with E-state index in [0.29, 0.717) is 5.75 Å². The van der Waals surface area contributed by atoms with Crippen molar-refractivity contribution in [3.05, 3.63) is 84.4 Å². The number of methoxy groups -OCH3 is 2. The van der Waals surface area contributed by atoms with Gasteiger partial charge < -0.3 is 24.8 Å². The number of carbonyl (C=O) groups excluding carboxylic acids is 1. The number of hydrogen-bond acceptors (Lipinski definition) is 5. The Kier molecular flexibility index (Phi) is 7.78. The number of carbonyl (C=O) groups is 2. The Hall–Kier alpha value is -3.84. The number of aliphatic carboxylic acids is 1. The Bertz CT molecular complexity index is 1270. The highest BCUT2D eigenvalue weighted by molar-refractivity contribution is 5.90. The average Bonchev–Trinajstić information content (AvgIpc) is 3.33. The van der Waals surface area contributed by atoms with Crippen molar-refractivity contribution in [3.8, 4) is 16.9 Å². The number of carboxylic acid groups (broad SMARTS) is 1. The largest absolute Gasteiger partial charge is 0.497 e. The highest BCUT2D eigenvalue weighted by atomic mass is 16.5. The fraction of sp³-hybridized carbons (Fsp3) is 0.355. The summed E-state index contributed by atoms with van der Waals surface area (Å²) in [6.45, 7) is 6.01. The molecule has 0 aromatic heterocycles. The number of hydrogen-bond donors (Lipinski definition) is 2. The van der Waals surface area contributed by atoms with Crippen molar-refractivity contribution in [2.75, 3.05) is 26.1 Å². The minimum absolute atomic E-state index is 0.135. The van der Waals surface area contributed by atoms with E-state index in [0.717, 1.165) is 22.4 Å². The summed E-state index contributed by atoms with van der Waals surface area (Å²) in [6, 6.07) is 23.6. The summed E-state index contributed by atoms with van der Waals surface area (Å²) < 4.78 is 11.3. The van der Waals surface area contributed by atoms with E-state index >= 15 is 0 Å². The van der Waals surface area contributed by atoms with Crippen molar-refractivity contribution in [3.63, 3.8) is 0 Å². The third kappa shape index (κ3) is 5.53. The normalized spacial score (nSPS) is 20.1. The van der Waals surface area contributed by atoms with Crippen LogP contribution in [0.4, 0.5) is 5.69 Å². The van der Waals surface area contributed by atoms with Crippen molar-refractivity contribution in [1.82, 2.24) is 4.90 Å². The Morgan fingerprint density at radius 3 is 2.21 bits per heavy atom. The molecule has 7 nitrogen and oxygen atoms in total. The van der Waals surface area contributed by atoms with Crippen LogP contribution in [0, 0.1) is 5.41 Å². The van der Waals surface area contributed by atoms with Crippen LogP contribution in [0.3, 0.4) is 0 Å². The number of rotatable bonds is 8. The zero-order valence-electron chi connectivity index (χ0n) is 22.6. The standard InChI is InChI=1S/C31H36N2O5/c1-30(2,3)27(32-24-12-9-13-25(18-24)37-4)28(34)33-20-31(38-5,19-26(33)29(35)36)23-16-14-22(15-17-23)21-10-7-6-8-11-21/h6-18,26-27,32H,19-20H2,1-5H3,(H,35,36)/t26-,27?,31-/m0/s1. The van der Waals surface area contributed by atoms with Crippen LogP contribution in [0.5, 0.6) is 5.75 Å². The van der Waals surface area contributed by atoms with Gasteiger partial charge in [0.25, 0.3) is 0 Å². The molecule has 2 N–H and O–H groups in total. The SMILES string of the molecule is COc1cccc(NC(C(=O)N2C[C@](OC)(c3ccc(-c4ccccc4)cc3)C[C@H]2C(=O)O)C(C)(C)C)c1. The molecule has 200 valence electrons. The summed E-state index contributed by atoms with van der Waals surface area (Å²) in [5.74, 6) is -0.670. The molecule has 0 bridgehead atoms. The molecule has 0 spiro atoms. The molecule has 38 heavy (non-hydrogen) atoms. The van der Waals surface area contributed by atoms with Crippen LogP contribution in [-0.4, -0.2) is 54.7 Å². The van der Waals surface area contributed by atoms with Gasteiger partial charge in [0.15, 0.2) is 0 Å². The van der Waals surface area contributed by atoms with Gasteiger partial charge in [0.1, 0.15) is 23.4 Å². The first-order valence-corrected chi connectivity index (χ1v) is 12.7. The minimum Gasteiger partial charge on any atom is -0.497 e. The second-order valence-electron chi connectivity index (χ2n) is 10.8. The number of ether oxygens (including phenoxy) is 2. The second-order valence-corrected chi connectivity index (χ2v) is 10.8.